The summed E-state index contributed by atoms with van der Waals surface area (Å²) < 4.78 is 2.24. The summed E-state index contributed by atoms with van der Waals surface area (Å²) in [4.78, 5) is 0. The molecule has 0 aliphatic carbocycles. The van der Waals surface area contributed by atoms with Crippen molar-refractivity contribution in [1.29, 1.82) is 0 Å². The van der Waals surface area contributed by atoms with Crippen LogP contribution in [0, 0.1) is 0 Å². The molecule has 0 unspecified atom stereocenters. The quantitative estimate of drug-likeness (QED) is 0.260. The molecule has 140 valence electrons. The van der Waals surface area contributed by atoms with Crippen LogP contribution in [0.15, 0.2) is 0 Å². The zero-order valence-corrected chi connectivity index (χ0v) is 17.5. The molecule has 0 amide bonds. The minimum absolute atomic E-state index is 1.12. The number of nitrogens with zero attached hydrogens (tertiary/aromatic N) is 2. The van der Waals surface area contributed by atoms with Crippen LogP contribution in [0.2, 0.25) is 0 Å². The van der Waals surface area contributed by atoms with Crippen molar-refractivity contribution in [2.45, 2.75) is 83.5 Å². The molecule has 0 aliphatic rings. The van der Waals surface area contributed by atoms with Gasteiger partial charge in [0.15, 0.2) is 0 Å². The Labute approximate surface area is 148 Å². The average Bonchev–Trinajstić information content (AvgIpc) is 2.40. The SMILES string of the molecule is C[N+](C)(C)CCCCCCCCCCCCCCC[N+](C)(C)C. The molecule has 0 heterocycles. The fraction of sp³-hybridized carbons (Fsp3) is 1.00. The molecule has 0 aromatic carbocycles. The Morgan fingerprint density at radius 2 is 0.478 bits per heavy atom. The van der Waals surface area contributed by atoms with Crippen LogP contribution in [0.3, 0.4) is 0 Å². The zero-order valence-electron chi connectivity index (χ0n) is 17.5. The Bertz CT molecular complexity index is 222. The third-order valence-corrected chi connectivity index (χ3v) is 4.66. The highest BCUT2D eigenvalue weighted by atomic mass is 15.3. The van der Waals surface area contributed by atoms with Crippen molar-refractivity contribution < 1.29 is 8.97 Å². The van der Waals surface area contributed by atoms with Gasteiger partial charge in [0, 0.05) is 0 Å². The smallest absolute Gasteiger partial charge is 0.0780 e. The van der Waals surface area contributed by atoms with Crippen molar-refractivity contribution in [3.05, 3.63) is 0 Å². The number of quaternary nitrogens is 2. The van der Waals surface area contributed by atoms with E-state index in [4.69, 9.17) is 0 Å². The molecular formula is C21H48N2+2. The van der Waals surface area contributed by atoms with Gasteiger partial charge in [0.2, 0.25) is 0 Å². The van der Waals surface area contributed by atoms with Gasteiger partial charge in [0.25, 0.3) is 0 Å². The first-order valence-corrected chi connectivity index (χ1v) is 10.3. The molecule has 2 heteroatoms. The summed E-state index contributed by atoms with van der Waals surface area (Å²) in [6.07, 6.45) is 18.8. The molecular weight excluding hydrogens is 280 g/mol. The van der Waals surface area contributed by atoms with Crippen molar-refractivity contribution in [3.8, 4) is 0 Å². The second kappa shape index (κ2) is 13.2. The summed E-state index contributed by atoms with van der Waals surface area (Å²) in [5, 5.41) is 0. The summed E-state index contributed by atoms with van der Waals surface area (Å²) in [6, 6.07) is 0. The van der Waals surface area contributed by atoms with E-state index in [-0.39, 0.29) is 0 Å². The number of unbranched alkanes of at least 4 members (excludes halogenated alkanes) is 12. The van der Waals surface area contributed by atoms with Gasteiger partial charge < -0.3 is 8.97 Å². The highest BCUT2D eigenvalue weighted by Gasteiger charge is 2.05. The van der Waals surface area contributed by atoms with E-state index in [1.165, 1.54) is 96.6 Å². The van der Waals surface area contributed by atoms with Crippen LogP contribution < -0.4 is 0 Å². The van der Waals surface area contributed by atoms with E-state index in [2.05, 4.69) is 42.3 Å². The largest absolute Gasteiger partial charge is 0.331 e. The molecule has 0 saturated carbocycles. The molecule has 0 aromatic rings. The van der Waals surface area contributed by atoms with Gasteiger partial charge in [-0.3, -0.25) is 0 Å². The lowest BCUT2D eigenvalue weighted by Gasteiger charge is -2.23. The van der Waals surface area contributed by atoms with E-state index >= 15 is 0 Å². The Morgan fingerprint density at radius 1 is 0.304 bits per heavy atom. The normalized spacial score (nSPS) is 12.8. The average molecular weight is 329 g/mol. The van der Waals surface area contributed by atoms with E-state index in [1.54, 1.807) is 0 Å². The van der Waals surface area contributed by atoms with Crippen LogP contribution in [0.4, 0.5) is 0 Å². The maximum atomic E-state index is 2.30. The van der Waals surface area contributed by atoms with Gasteiger partial charge in [-0.1, -0.05) is 57.8 Å². The van der Waals surface area contributed by atoms with E-state index in [0.717, 1.165) is 8.97 Å². The number of hydrogen-bond donors (Lipinski definition) is 0. The molecule has 0 radical (unpaired) electrons. The van der Waals surface area contributed by atoms with Crippen LogP contribution >= 0.6 is 0 Å². The van der Waals surface area contributed by atoms with Gasteiger partial charge in [-0.15, -0.1) is 0 Å². The second-order valence-corrected chi connectivity index (χ2v) is 9.62. The molecule has 23 heavy (non-hydrogen) atoms. The molecule has 0 rings (SSSR count). The number of rotatable bonds is 16. The van der Waals surface area contributed by atoms with E-state index in [1.807, 2.05) is 0 Å². The van der Waals surface area contributed by atoms with E-state index in [0.29, 0.717) is 0 Å². The van der Waals surface area contributed by atoms with Crippen LogP contribution in [-0.4, -0.2) is 64.3 Å². The summed E-state index contributed by atoms with van der Waals surface area (Å²) >= 11 is 0. The Morgan fingerprint density at radius 3 is 0.652 bits per heavy atom. The van der Waals surface area contributed by atoms with Crippen molar-refractivity contribution in [2.75, 3.05) is 55.4 Å². The van der Waals surface area contributed by atoms with E-state index < -0.39 is 0 Å². The molecule has 0 saturated heterocycles. The summed E-state index contributed by atoms with van der Waals surface area (Å²) in [5.41, 5.74) is 0. The van der Waals surface area contributed by atoms with Crippen LogP contribution in [0.5, 0.6) is 0 Å². The van der Waals surface area contributed by atoms with Crippen LogP contribution in [0.25, 0.3) is 0 Å². The fourth-order valence-corrected chi connectivity index (χ4v) is 3.12. The molecule has 0 spiro atoms. The van der Waals surface area contributed by atoms with E-state index in [9.17, 15) is 0 Å². The highest BCUT2D eigenvalue weighted by Crippen LogP contribution is 2.13. The molecule has 0 aromatic heterocycles. The van der Waals surface area contributed by atoms with Crippen molar-refractivity contribution >= 4 is 0 Å². The topological polar surface area (TPSA) is 0 Å². The molecule has 0 atom stereocenters. The van der Waals surface area contributed by atoms with Crippen LogP contribution in [-0.2, 0) is 0 Å². The third-order valence-electron chi connectivity index (χ3n) is 4.66. The molecule has 0 bridgehead atoms. The van der Waals surface area contributed by atoms with Crippen molar-refractivity contribution in [2.24, 2.45) is 0 Å². The van der Waals surface area contributed by atoms with Gasteiger partial charge in [-0.25, -0.2) is 0 Å². The summed E-state index contributed by atoms with van der Waals surface area (Å²) in [7, 11) is 13.8. The Hall–Kier alpha value is -0.0800. The predicted molar refractivity (Wildman–Crippen MR) is 106 cm³/mol. The van der Waals surface area contributed by atoms with Gasteiger partial charge in [-0.05, 0) is 25.7 Å². The van der Waals surface area contributed by atoms with Crippen molar-refractivity contribution in [3.63, 3.8) is 0 Å². The summed E-state index contributed by atoms with van der Waals surface area (Å²) in [6.45, 7) is 2.66. The minimum atomic E-state index is 1.12. The second-order valence-electron chi connectivity index (χ2n) is 9.62. The maximum Gasteiger partial charge on any atom is 0.0780 e. The highest BCUT2D eigenvalue weighted by molar-refractivity contribution is 4.49. The standard InChI is InChI=1S/C21H48N2/c1-22(2,3)20-18-16-14-12-10-8-7-9-11-13-15-17-19-21-23(4,5)6/h7-21H2,1-6H3/q+2. The van der Waals surface area contributed by atoms with Gasteiger partial charge in [0.05, 0.1) is 55.4 Å². The molecule has 2 nitrogen and oxygen atoms in total. The molecule has 0 aliphatic heterocycles. The Kier molecular flexibility index (Phi) is 13.2. The Balaban J connectivity index is 3.08. The minimum Gasteiger partial charge on any atom is -0.331 e. The molecule has 0 fully saturated rings. The monoisotopic (exact) mass is 328 g/mol. The third kappa shape index (κ3) is 21.9. The first kappa shape index (κ1) is 22.9. The predicted octanol–water partition coefficient (Wildman–Crippen LogP) is 5.47. The van der Waals surface area contributed by atoms with Crippen molar-refractivity contribution in [1.82, 2.24) is 0 Å². The lowest BCUT2D eigenvalue weighted by Crippen LogP contribution is -2.35. The lowest BCUT2D eigenvalue weighted by atomic mass is 10.0. The first-order chi connectivity index (χ1) is 10.7. The first-order valence-electron chi connectivity index (χ1n) is 10.3. The fourth-order valence-electron chi connectivity index (χ4n) is 3.12. The zero-order chi connectivity index (χ0) is 17.6. The molecule has 0 N–H and O–H groups in total. The lowest BCUT2D eigenvalue weighted by molar-refractivity contribution is -0.870. The van der Waals surface area contributed by atoms with Gasteiger partial charge >= 0.3 is 0 Å². The van der Waals surface area contributed by atoms with Gasteiger partial charge in [0.1, 0.15) is 0 Å². The summed E-state index contributed by atoms with van der Waals surface area (Å²) in [5.74, 6) is 0. The van der Waals surface area contributed by atoms with Crippen LogP contribution in [0.1, 0.15) is 83.5 Å². The maximum absolute atomic E-state index is 2.30. The number of hydrogen-bond acceptors (Lipinski definition) is 0. The van der Waals surface area contributed by atoms with Gasteiger partial charge in [-0.2, -0.15) is 0 Å².